The number of benzene rings is 2. The number of aromatic nitrogens is 2. The van der Waals surface area contributed by atoms with Gasteiger partial charge in [0.25, 0.3) is 0 Å². The minimum atomic E-state index is -4.57. The molecule has 0 unspecified atom stereocenters. The fourth-order valence-electron chi connectivity index (χ4n) is 2.34. The normalized spacial score (nSPS) is 11.3. The Morgan fingerprint density at radius 1 is 1.04 bits per heavy atom. The summed E-state index contributed by atoms with van der Waals surface area (Å²) in [6.45, 7) is 0. The van der Waals surface area contributed by atoms with Crippen molar-refractivity contribution >= 4 is 61.7 Å². The Morgan fingerprint density at radius 3 is 2.26 bits per heavy atom. The van der Waals surface area contributed by atoms with Crippen LogP contribution in [0.3, 0.4) is 0 Å². The third kappa shape index (κ3) is 4.89. The molecule has 9 heteroatoms. The van der Waals surface area contributed by atoms with E-state index in [0.717, 1.165) is 14.2 Å². The smallest absolute Gasteiger partial charge is 0.329 e. The molecule has 1 aromatic heterocycles. The van der Waals surface area contributed by atoms with Gasteiger partial charge in [-0.15, -0.1) is 0 Å². The Hall–Kier alpha value is -1.88. The van der Waals surface area contributed by atoms with E-state index in [2.05, 4.69) is 53.8 Å². The molecule has 0 fully saturated rings. The van der Waals surface area contributed by atoms with Crippen LogP contribution in [0.25, 0.3) is 0 Å². The summed E-state index contributed by atoms with van der Waals surface area (Å²) in [5, 5.41) is 2.94. The average molecular weight is 549 g/mol. The molecule has 27 heavy (non-hydrogen) atoms. The first-order valence-electron chi connectivity index (χ1n) is 7.70. The Bertz CT molecular complexity index is 931. The van der Waals surface area contributed by atoms with E-state index in [4.69, 9.17) is 0 Å². The molecule has 1 N–H and O–H groups in total. The zero-order valence-corrected chi connectivity index (χ0v) is 17.7. The second kappa shape index (κ2) is 8.01. The van der Waals surface area contributed by atoms with Crippen molar-refractivity contribution in [2.75, 3.05) is 17.3 Å². The molecule has 0 aliphatic heterocycles. The molecule has 0 saturated heterocycles. The summed E-state index contributed by atoms with van der Waals surface area (Å²) < 4.78 is 42.2. The van der Waals surface area contributed by atoms with Gasteiger partial charge in [-0.2, -0.15) is 18.2 Å². The van der Waals surface area contributed by atoms with Crippen molar-refractivity contribution in [2.45, 2.75) is 6.18 Å². The van der Waals surface area contributed by atoms with Crippen molar-refractivity contribution in [1.29, 1.82) is 0 Å². The lowest BCUT2D eigenvalue weighted by Gasteiger charge is -2.23. The number of nitrogens with zero attached hydrogens (tertiary/aromatic N) is 3. The maximum atomic E-state index is 13.5. The lowest BCUT2D eigenvalue weighted by molar-refractivity contribution is -0.137. The highest BCUT2D eigenvalue weighted by atomic mass is 127. The van der Waals surface area contributed by atoms with E-state index in [1.165, 1.54) is 11.9 Å². The van der Waals surface area contributed by atoms with Gasteiger partial charge in [0.05, 0.1) is 0 Å². The molecule has 0 amide bonds. The van der Waals surface area contributed by atoms with E-state index >= 15 is 0 Å². The lowest BCUT2D eigenvalue weighted by Crippen LogP contribution is -2.19. The van der Waals surface area contributed by atoms with Crippen LogP contribution >= 0.6 is 38.5 Å². The highest BCUT2D eigenvalue weighted by molar-refractivity contribution is 14.1. The first-order valence-corrected chi connectivity index (χ1v) is 9.57. The number of rotatable bonds is 4. The molecule has 0 atom stereocenters. The predicted molar refractivity (Wildman–Crippen MR) is 112 cm³/mol. The largest absolute Gasteiger partial charge is 0.421 e. The van der Waals surface area contributed by atoms with Gasteiger partial charge in [-0.1, -0.05) is 15.9 Å². The van der Waals surface area contributed by atoms with Crippen molar-refractivity contribution in [3.63, 3.8) is 0 Å². The maximum Gasteiger partial charge on any atom is 0.421 e. The number of halogens is 5. The SMILES string of the molecule is CN(c1ccc(Br)cc1)c1nc(Nc2ccc(I)cc2)ncc1C(F)(F)F. The van der Waals surface area contributed by atoms with Gasteiger partial charge in [0.1, 0.15) is 5.56 Å². The van der Waals surface area contributed by atoms with Crippen LogP contribution in [-0.4, -0.2) is 17.0 Å². The summed E-state index contributed by atoms with van der Waals surface area (Å²) >= 11 is 5.49. The molecule has 140 valence electrons. The Balaban J connectivity index is 2.00. The molecule has 0 spiro atoms. The van der Waals surface area contributed by atoms with Crippen LogP contribution in [0, 0.1) is 3.57 Å². The number of alkyl halides is 3. The monoisotopic (exact) mass is 548 g/mol. The fourth-order valence-corrected chi connectivity index (χ4v) is 2.96. The summed E-state index contributed by atoms with van der Waals surface area (Å²) in [5.74, 6) is -0.143. The molecule has 0 saturated carbocycles. The molecule has 3 rings (SSSR count). The zero-order chi connectivity index (χ0) is 19.6. The van der Waals surface area contributed by atoms with Gasteiger partial charge in [0.15, 0.2) is 5.82 Å². The molecule has 2 aromatic carbocycles. The summed E-state index contributed by atoms with van der Waals surface area (Å²) in [4.78, 5) is 9.35. The minimum absolute atomic E-state index is 0.0863. The molecule has 1 heterocycles. The Labute approximate surface area is 176 Å². The number of nitrogens with one attached hydrogen (secondary N) is 1. The molecule has 0 radical (unpaired) electrons. The third-order valence-electron chi connectivity index (χ3n) is 3.71. The Kier molecular flexibility index (Phi) is 5.89. The van der Waals surface area contributed by atoms with Crippen molar-refractivity contribution in [3.05, 3.63) is 68.3 Å². The number of hydrogen-bond donors (Lipinski definition) is 1. The average Bonchev–Trinajstić information content (AvgIpc) is 2.63. The lowest BCUT2D eigenvalue weighted by atomic mass is 10.2. The van der Waals surface area contributed by atoms with E-state index in [1.54, 1.807) is 36.4 Å². The van der Waals surface area contributed by atoms with Crippen molar-refractivity contribution < 1.29 is 13.2 Å². The maximum absolute atomic E-state index is 13.5. The van der Waals surface area contributed by atoms with Crippen molar-refractivity contribution in [2.24, 2.45) is 0 Å². The zero-order valence-electron chi connectivity index (χ0n) is 13.9. The molecular formula is C18H13BrF3IN4. The van der Waals surface area contributed by atoms with E-state index in [-0.39, 0.29) is 11.8 Å². The standard InChI is InChI=1S/C18H13BrF3IN4/c1-27(14-8-2-11(19)3-9-14)16-15(18(20,21)22)10-24-17(26-16)25-13-6-4-12(23)5-7-13/h2-10H,1H3,(H,24,25,26). The van der Waals surface area contributed by atoms with Crippen LogP contribution in [0.2, 0.25) is 0 Å². The highest BCUT2D eigenvalue weighted by Gasteiger charge is 2.36. The summed E-state index contributed by atoms with van der Waals surface area (Å²) in [6.07, 6.45) is -3.77. The van der Waals surface area contributed by atoms with Gasteiger partial charge in [-0.3, -0.25) is 0 Å². The topological polar surface area (TPSA) is 41.1 Å². The van der Waals surface area contributed by atoms with Gasteiger partial charge in [0, 0.05) is 32.7 Å². The first-order chi connectivity index (χ1) is 12.7. The van der Waals surface area contributed by atoms with E-state index in [1.807, 2.05) is 12.1 Å². The van der Waals surface area contributed by atoms with Gasteiger partial charge < -0.3 is 10.2 Å². The quantitative estimate of drug-likeness (QED) is 0.384. The molecular weight excluding hydrogens is 536 g/mol. The second-order valence-electron chi connectivity index (χ2n) is 5.60. The van der Waals surface area contributed by atoms with Gasteiger partial charge >= 0.3 is 6.18 Å². The van der Waals surface area contributed by atoms with Gasteiger partial charge in [0.2, 0.25) is 5.95 Å². The predicted octanol–water partition coefficient (Wildman–Crippen LogP) is 6.37. The van der Waals surface area contributed by atoms with Gasteiger partial charge in [-0.05, 0) is 71.1 Å². The molecule has 0 aliphatic carbocycles. The highest BCUT2D eigenvalue weighted by Crippen LogP contribution is 2.37. The first kappa shape index (κ1) is 19.9. The number of anilines is 4. The van der Waals surface area contributed by atoms with Gasteiger partial charge in [-0.25, -0.2) is 4.98 Å². The third-order valence-corrected chi connectivity index (χ3v) is 4.95. The molecule has 3 aromatic rings. The summed E-state index contributed by atoms with van der Waals surface area (Å²) in [6, 6.07) is 14.3. The summed E-state index contributed by atoms with van der Waals surface area (Å²) in [5.41, 5.74) is 0.358. The fraction of sp³-hybridized carbons (Fsp3) is 0.111. The van der Waals surface area contributed by atoms with Crippen molar-refractivity contribution in [3.8, 4) is 0 Å². The van der Waals surface area contributed by atoms with Crippen LogP contribution < -0.4 is 10.2 Å². The number of hydrogen-bond acceptors (Lipinski definition) is 4. The Morgan fingerprint density at radius 2 is 1.67 bits per heavy atom. The minimum Gasteiger partial charge on any atom is -0.329 e. The van der Waals surface area contributed by atoms with Crippen LogP contribution in [0.4, 0.5) is 36.3 Å². The molecule has 0 aliphatic rings. The van der Waals surface area contributed by atoms with Crippen LogP contribution in [0.15, 0.2) is 59.2 Å². The van der Waals surface area contributed by atoms with Crippen LogP contribution in [0.1, 0.15) is 5.56 Å². The van der Waals surface area contributed by atoms with E-state index in [9.17, 15) is 13.2 Å². The molecule has 0 bridgehead atoms. The van der Waals surface area contributed by atoms with Crippen molar-refractivity contribution in [1.82, 2.24) is 9.97 Å². The summed E-state index contributed by atoms with van der Waals surface area (Å²) in [7, 11) is 1.54. The van der Waals surface area contributed by atoms with Crippen LogP contribution in [0.5, 0.6) is 0 Å². The molecule has 4 nitrogen and oxygen atoms in total. The van der Waals surface area contributed by atoms with E-state index in [0.29, 0.717) is 11.4 Å². The second-order valence-corrected chi connectivity index (χ2v) is 7.76. The van der Waals surface area contributed by atoms with E-state index < -0.39 is 11.7 Å². The van der Waals surface area contributed by atoms with Crippen LogP contribution in [-0.2, 0) is 6.18 Å².